The van der Waals surface area contributed by atoms with E-state index in [0.29, 0.717) is 25.4 Å². The minimum Gasteiger partial charge on any atom is -0.354 e. The van der Waals surface area contributed by atoms with Crippen molar-refractivity contribution in [3.05, 3.63) is 0 Å². The molecule has 2 amide bonds. The van der Waals surface area contributed by atoms with E-state index < -0.39 is 0 Å². The number of hydrogen-bond acceptors (Lipinski definition) is 3. The second-order valence-electron chi connectivity index (χ2n) is 6.96. The summed E-state index contributed by atoms with van der Waals surface area (Å²) in [6.45, 7) is 1.06. The molecule has 0 heterocycles. The van der Waals surface area contributed by atoms with Gasteiger partial charge in [0.15, 0.2) is 0 Å². The van der Waals surface area contributed by atoms with Gasteiger partial charge in [0.2, 0.25) is 11.8 Å². The van der Waals surface area contributed by atoms with Crippen LogP contribution in [-0.4, -0.2) is 30.9 Å². The lowest BCUT2D eigenvalue weighted by Gasteiger charge is -2.25. The molecule has 0 aromatic rings. The Balaban J connectivity index is 1.52. The minimum atomic E-state index is 0.109. The maximum atomic E-state index is 12.0. The molecular weight excluding hydrogens is 278 g/mol. The smallest absolute Gasteiger partial charge is 0.223 e. The van der Waals surface area contributed by atoms with E-state index in [9.17, 15) is 9.59 Å². The van der Waals surface area contributed by atoms with Crippen LogP contribution in [-0.2, 0) is 9.59 Å². The maximum absolute atomic E-state index is 12.0. The highest BCUT2D eigenvalue weighted by Gasteiger charge is 2.24. The molecule has 2 aliphatic carbocycles. The van der Waals surface area contributed by atoms with Crippen LogP contribution in [0.1, 0.15) is 64.2 Å². The van der Waals surface area contributed by atoms with Crippen molar-refractivity contribution in [1.29, 1.82) is 0 Å². The summed E-state index contributed by atoms with van der Waals surface area (Å²) in [5.41, 5.74) is 5.85. The molecule has 0 spiro atoms. The highest BCUT2D eigenvalue weighted by atomic mass is 16.2. The Morgan fingerprint density at radius 2 is 1.50 bits per heavy atom. The lowest BCUT2D eigenvalue weighted by molar-refractivity contribution is -0.126. The number of amides is 2. The van der Waals surface area contributed by atoms with Gasteiger partial charge in [0, 0.05) is 31.5 Å². The standard InChI is InChI=1S/C17H31N3O2/c18-15-8-6-14(7-9-15)17(22)20-11-10-19-16(21)12-13-4-2-1-3-5-13/h13-15H,1-12,18H2,(H,19,21)(H,20,22). The third kappa shape index (κ3) is 5.95. The molecule has 2 saturated carbocycles. The SMILES string of the molecule is NC1CCC(C(=O)NCCNC(=O)CC2CCCCC2)CC1. The van der Waals surface area contributed by atoms with Gasteiger partial charge in [0.1, 0.15) is 0 Å². The first kappa shape index (κ1) is 17.3. The largest absolute Gasteiger partial charge is 0.354 e. The highest BCUT2D eigenvalue weighted by molar-refractivity contribution is 5.79. The number of nitrogens with two attached hydrogens (primary N) is 1. The Labute approximate surface area is 133 Å². The van der Waals surface area contributed by atoms with Crippen molar-refractivity contribution in [3.63, 3.8) is 0 Å². The topological polar surface area (TPSA) is 84.2 Å². The van der Waals surface area contributed by atoms with Crippen LogP contribution >= 0.6 is 0 Å². The Hall–Kier alpha value is -1.10. The molecule has 22 heavy (non-hydrogen) atoms. The first-order valence-electron chi connectivity index (χ1n) is 8.95. The van der Waals surface area contributed by atoms with Crippen molar-refractivity contribution >= 4 is 11.8 Å². The Bertz CT molecular complexity index is 359. The molecule has 2 rings (SSSR count). The zero-order chi connectivity index (χ0) is 15.8. The molecule has 5 nitrogen and oxygen atoms in total. The quantitative estimate of drug-likeness (QED) is 0.653. The third-order valence-electron chi connectivity index (χ3n) is 5.09. The lowest BCUT2D eigenvalue weighted by atomic mass is 9.86. The van der Waals surface area contributed by atoms with Gasteiger partial charge < -0.3 is 16.4 Å². The summed E-state index contributed by atoms with van der Waals surface area (Å²) in [5, 5.41) is 5.85. The van der Waals surface area contributed by atoms with Crippen molar-refractivity contribution in [3.8, 4) is 0 Å². The monoisotopic (exact) mass is 309 g/mol. The van der Waals surface area contributed by atoms with E-state index in [0.717, 1.165) is 25.7 Å². The summed E-state index contributed by atoms with van der Waals surface area (Å²) in [6.07, 6.45) is 10.5. The molecule has 0 unspecified atom stereocenters. The minimum absolute atomic E-state index is 0.109. The zero-order valence-corrected chi connectivity index (χ0v) is 13.6. The van der Waals surface area contributed by atoms with Crippen LogP contribution in [0.15, 0.2) is 0 Å². The first-order valence-corrected chi connectivity index (χ1v) is 8.95. The summed E-state index contributed by atoms with van der Waals surface area (Å²) in [5.74, 6) is 0.922. The first-order chi connectivity index (χ1) is 10.6. The second kappa shape index (κ2) is 9.13. The second-order valence-corrected chi connectivity index (χ2v) is 6.96. The average molecular weight is 309 g/mol. The van der Waals surface area contributed by atoms with E-state index >= 15 is 0 Å². The van der Waals surface area contributed by atoms with Gasteiger partial charge in [-0.15, -0.1) is 0 Å². The van der Waals surface area contributed by atoms with E-state index in [1.807, 2.05) is 0 Å². The molecule has 0 atom stereocenters. The summed E-state index contributed by atoms with van der Waals surface area (Å²) in [7, 11) is 0. The molecule has 0 radical (unpaired) electrons. The van der Waals surface area contributed by atoms with Crippen molar-refractivity contribution in [2.75, 3.05) is 13.1 Å². The van der Waals surface area contributed by atoms with E-state index in [2.05, 4.69) is 10.6 Å². The van der Waals surface area contributed by atoms with E-state index in [-0.39, 0.29) is 23.8 Å². The summed E-state index contributed by atoms with van der Waals surface area (Å²) < 4.78 is 0. The van der Waals surface area contributed by atoms with E-state index in [1.165, 1.54) is 32.1 Å². The maximum Gasteiger partial charge on any atom is 0.223 e. The molecule has 0 bridgehead atoms. The van der Waals surface area contributed by atoms with Gasteiger partial charge in [0.25, 0.3) is 0 Å². The van der Waals surface area contributed by atoms with Crippen LogP contribution in [0, 0.1) is 11.8 Å². The van der Waals surface area contributed by atoms with Gasteiger partial charge in [0.05, 0.1) is 0 Å². The fraction of sp³-hybridized carbons (Fsp3) is 0.882. The van der Waals surface area contributed by atoms with Gasteiger partial charge in [-0.25, -0.2) is 0 Å². The number of carbonyl (C=O) groups excluding carboxylic acids is 2. The molecular formula is C17H31N3O2. The molecule has 126 valence electrons. The van der Waals surface area contributed by atoms with Crippen molar-refractivity contribution in [2.45, 2.75) is 70.3 Å². The van der Waals surface area contributed by atoms with Crippen LogP contribution < -0.4 is 16.4 Å². The Morgan fingerprint density at radius 3 is 2.18 bits per heavy atom. The third-order valence-corrected chi connectivity index (χ3v) is 5.09. The number of hydrogen-bond donors (Lipinski definition) is 3. The molecule has 0 aromatic heterocycles. The van der Waals surface area contributed by atoms with Gasteiger partial charge in [-0.3, -0.25) is 9.59 Å². The van der Waals surface area contributed by atoms with Crippen LogP contribution in [0.3, 0.4) is 0 Å². The summed E-state index contributed by atoms with van der Waals surface area (Å²) >= 11 is 0. The fourth-order valence-electron chi connectivity index (χ4n) is 3.64. The van der Waals surface area contributed by atoms with Crippen molar-refractivity contribution in [1.82, 2.24) is 10.6 Å². The molecule has 5 heteroatoms. The molecule has 2 aliphatic rings. The van der Waals surface area contributed by atoms with Gasteiger partial charge in [-0.1, -0.05) is 19.3 Å². The van der Waals surface area contributed by atoms with Gasteiger partial charge >= 0.3 is 0 Å². The molecule has 4 N–H and O–H groups in total. The van der Waals surface area contributed by atoms with Gasteiger partial charge in [-0.2, -0.15) is 0 Å². The van der Waals surface area contributed by atoms with E-state index in [1.54, 1.807) is 0 Å². The lowest BCUT2D eigenvalue weighted by Crippen LogP contribution is -2.40. The van der Waals surface area contributed by atoms with Gasteiger partial charge in [-0.05, 0) is 44.4 Å². The number of rotatable bonds is 6. The van der Waals surface area contributed by atoms with E-state index in [4.69, 9.17) is 5.73 Å². The highest BCUT2D eigenvalue weighted by Crippen LogP contribution is 2.26. The molecule has 2 fully saturated rings. The van der Waals surface area contributed by atoms with Crippen molar-refractivity contribution < 1.29 is 9.59 Å². The summed E-state index contributed by atoms with van der Waals surface area (Å²) in [6, 6.07) is 0.267. The normalized spacial score (nSPS) is 26.4. The number of carbonyl (C=O) groups is 2. The predicted octanol–water partition coefficient (Wildman–Crippen LogP) is 1.71. The van der Waals surface area contributed by atoms with Crippen LogP contribution in [0.25, 0.3) is 0 Å². The molecule has 0 aromatic carbocycles. The average Bonchev–Trinajstić information content (AvgIpc) is 2.53. The predicted molar refractivity (Wildman–Crippen MR) is 87.1 cm³/mol. The number of nitrogens with one attached hydrogen (secondary N) is 2. The van der Waals surface area contributed by atoms with Crippen LogP contribution in [0.4, 0.5) is 0 Å². The summed E-state index contributed by atoms with van der Waals surface area (Å²) in [4.78, 5) is 23.9. The molecule has 0 aliphatic heterocycles. The molecule has 0 saturated heterocycles. The fourth-order valence-corrected chi connectivity index (χ4v) is 3.64. The Kier molecular flexibility index (Phi) is 7.16. The van der Waals surface area contributed by atoms with Crippen LogP contribution in [0.2, 0.25) is 0 Å². The van der Waals surface area contributed by atoms with Crippen LogP contribution in [0.5, 0.6) is 0 Å². The van der Waals surface area contributed by atoms with Crippen molar-refractivity contribution in [2.24, 2.45) is 17.6 Å². The zero-order valence-electron chi connectivity index (χ0n) is 13.6. The Morgan fingerprint density at radius 1 is 0.864 bits per heavy atom.